The molecule has 66 valence electrons. The highest BCUT2D eigenvalue weighted by Crippen LogP contribution is 2.19. The number of rotatable bonds is 1. The van der Waals surface area contributed by atoms with E-state index in [1.807, 2.05) is 0 Å². The van der Waals surface area contributed by atoms with Gasteiger partial charge in [-0.05, 0) is 30.7 Å². The molecule has 0 amide bonds. The molecule has 0 atom stereocenters. The monoisotopic (exact) mass is 250 g/mol. The predicted octanol–water partition coefficient (Wildman–Crippen LogP) is 2.00. The Hall–Kier alpha value is -0.390. The largest absolute Gasteiger partial charge is 0.294 e. The molecule has 1 N–H and O–H groups in total. The second kappa shape index (κ2) is 3.16. The lowest BCUT2D eigenvalue weighted by molar-refractivity contribution is 0.483. The summed E-state index contributed by atoms with van der Waals surface area (Å²) in [5.41, 5.74) is 0.769. The maximum Gasteiger partial charge on any atom is 0.294 e. The maximum absolute atomic E-state index is 10.6. The van der Waals surface area contributed by atoms with Gasteiger partial charge in [0.15, 0.2) is 0 Å². The second-order valence-electron chi connectivity index (χ2n) is 2.39. The Morgan fingerprint density at radius 3 is 2.42 bits per heavy atom. The van der Waals surface area contributed by atoms with Gasteiger partial charge < -0.3 is 0 Å². The number of benzene rings is 1. The third-order valence-corrected chi connectivity index (χ3v) is 3.17. The van der Waals surface area contributed by atoms with Crippen molar-refractivity contribution in [2.45, 2.75) is 11.8 Å². The van der Waals surface area contributed by atoms with Gasteiger partial charge in [0.25, 0.3) is 10.1 Å². The van der Waals surface area contributed by atoms with Crippen LogP contribution < -0.4 is 0 Å². The summed E-state index contributed by atoms with van der Waals surface area (Å²) >= 11 is 3.22. The average molecular weight is 251 g/mol. The molecule has 5 heteroatoms. The fourth-order valence-corrected chi connectivity index (χ4v) is 1.59. The number of aryl methyl sites for hydroxylation is 1. The summed E-state index contributed by atoms with van der Waals surface area (Å²) in [6.45, 7) is 1.75. The van der Waals surface area contributed by atoms with Crippen molar-refractivity contribution in [3.63, 3.8) is 0 Å². The molecule has 12 heavy (non-hydrogen) atoms. The van der Waals surface area contributed by atoms with Gasteiger partial charge in [-0.3, -0.25) is 4.55 Å². The van der Waals surface area contributed by atoms with Crippen LogP contribution in [0.1, 0.15) is 5.56 Å². The van der Waals surface area contributed by atoms with Crippen molar-refractivity contribution in [2.75, 3.05) is 0 Å². The minimum atomic E-state index is -4.06. The van der Waals surface area contributed by atoms with Gasteiger partial charge in [0, 0.05) is 4.47 Å². The van der Waals surface area contributed by atoms with Crippen LogP contribution in [0.4, 0.5) is 0 Å². The molecule has 0 bridgehead atoms. The number of hydrogen-bond acceptors (Lipinski definition) is 2. The van der Waals surface area contributed by atoms with Gasteiger partial charge in [-0.2, -0.15) is 8.42 Å². The zero-order valence-electron chi connectivity index (χ0n) is 6.28. The molecule has 1 aromatic carbocycles. The molecule has 0 heterocycles. The normalized spacial score (nSPS) is 11.6. The minimum Gasteiger partial charge on any atom is -0.282 e. The highest BCUT2D eigenvalue weighted by Gasteiger charge is 2.09. The fraction of sp³-hybridized carbons (Fsp3) is 0.143. The lowest BCUT2D eigenvalue weighted by Crippen LogP contribution is -1.97. The first-order chi connectivity index (χ1) is 5.41. The molecule has 0 saturated carbocycles. The van der Waals surface area contributed by atoms with Crippen LogP contribution >= 0.6 is 15.9 Å². The Morgan fingerprint density at radius 1 is 1.42 bits per heavy atom. The van der Waals surface area contributed by atoms with Crippen LogP contribution in [0.15, 0.2) is 27.6 Å². The lowest BCUT2D eigenvalue weighted by atomic mass is 10.2. The Kier molecular flexibility index (Phi) is 2.55. The topological polar surface area (TPSA) is 54.4 Å². The summed E-state index contributed by atoms with van der Waals surface area (Å²) < 4.78 is 30.7. The molecule has 0 aliphatic carbocycles. The van der Waals surface area contributed by atoms with Gasteiger partial charge >= 0.3 is 0 Å². The van der Waals surface area contributed by atoms with E-state index < -0.39 is 10.1 Å². The first-order valence-corrected chi connectivity index (χ1v) is 5.38. The van der Waals surface area contributed by atoms with Gasteiger partial charge in [0.2, 0.25) is 0 Å². The minimum absolute atomic E-state index is 0.0804. The number of halogens is 1. The first kappa shape index (κ1) is 9.70. The van der Waals surface area contributed by atoms with E-state index in [0.717, 1.165) is 10.0 Å². The van der Waals surface area contributed by atoms with Gasteiger partial charge in [0.1, 0.15) is 0 Å². The summed E-state index contributed by atoms with van der Waals surface area (Å²) in [5, 5.41) is 0. The van der Waals surface area contributed by atoms with Gasteiger partial charge in [-0.25, -0.2) is 0 Å². The van der Waals surface area contributed by atoms with E-state index in [2.05, 4.69) is 15.9 Å². The van der Waals surface area contributed by atoms with Gasteiger partial charge in [-0.1, -0.05) is 15.9 Å². The highest BCUT2D eigenvalue weighted by atomic mass is 79.9. The van der Waals surface area contributed by atoms with Crippen molar-refractivity contribution < 1.29 is 13.0 Å². The molecule has 0 fully saturated rings. The maximum atomic E-state index is 10.6. The Labute approximate surface area is 79.3 Å². The highest BCUT2D eigenvalue weighted by molar-refractivity contribution is 9.10. The molecular weight excluding hydrogens is 244 g/mol. The summed E-state index contributed by atoms with van der Waals surface area (Å²) in [7, 11) is -4.06. The smallest absolute Gasteiger partial charge is 0.282 e. The van der Waals surface area contributed by atoms with Crippen LogP contribution in [0.2, 0.25) is 0 Å². The molecule has 0 aliphatic heterocycles. The van der Waals surface area contributed by atoms with Crippen molar-refractivity contribution in [2.24, 2.45) is 0 Å². The predicted molar refractivity (Wildman–Crippen MR) is 48.7 cm³/mol. The molecule has 0 aromatic heterocycles. The Balaban J connectivity index is 3.33. The molecule has 1 rings (SSSR count). The zero-order valence-corrected chi connectivity index (χ0v) is 8.68. The third kappa shape index (κ3) is 2.06. The Bertz CT molecular complexity index is 397. The van der Waals surface area contributed by atoms with Crippen LogP contribution in [-0.4, -0.2) is 13.0 Å². The van der Waals surface area contributed by atoms with E-state index in [4.69, 9.17) is 4.55 Å². The van der Waals surface area contributed by atoms with Crippen LogP contribution in [0, 0.1) is 6.92 Å². The molecule has 1 aromatic rings. The van der Waals surface area contributed by atoms with Gasteiger partial charge in [-0.15, -0.1) is 0 Å². The summed E-state index contributed by atoms with van der Waals surface area (Å²) in [6.07, 6.45) is 0. The molecule has 0 spiro atoms. The van der Waals surface area contributed by atoms with E-state index in [-0.39, 0.29) is 4.90 Å². The van der Waals surface area contributed by atoms with Crippen LogP contribution in [0.25, 0.3) is 0 Å². The molecule has 0 aliphatic rings. The quantitative estimate of drug-likeness (QED) is 0.776. The second-order valence-corrected chi connectivity index (χ2v) is 4.66. The van der Waals surface area contributed by atoms with E-state index in [1.54, 1.807) is 13.0 Å². The van der Waals surface area contributed by atoms with Crippen LogP contribution in [0.5, 0.6) is 0 Å². The van der Waals surface area contributed by atoms with E-state index in [9.17, 15) is 8.42 Å². The van der Waals surface area contributed by atoms with Crippen LogP contribution in [-0.2, 0) is 10.1 Å². The van der Waals surface area contributed by atoms with Crippen molar-refractivity contribution >= 4 is 26.0 Å². The summed E-state index contributed by atoms with van der Waals surface area (Å²) in [6, 6.07) is 4.32. The molecule has 0 unspecified atom stereocenters. The summed E-state index contributed by atoms with van der Waals surface area (Å²) in [4.78, 5) is -0.0804. The Morgan fingerprint density at radius 2 is 2.00 bits per heavy atom. The molecule has 3 nitrogen and oxygen atoms in total. The molecule has 0 radical (unpaired) electrons. The standard InChI is InChI=1S/C7H7BrO3S/c1-5-4-6(12(9,10)11)2-3-7(5)8/h2-4H,1H3,(H,9,10,11). The number of hydrogen-bond donors (Lipinski definition) is 1. The van der Waals surface area contributed by atoms with Crippen LogP contribution in [0.3, 0.4) is 0 Å². The average Bonchev–Trinajstić information content (AvgIpc) is 1.92. The van der Waals surface area contributed by atoms with Crippen molar-refractivity contribution in [1.82, 2.24) is 0 Å². The SMILES string of the molecule is Cc1cc(S(=O)(=O)O)ccc1Br. The van der Waals surface area contributed by atoms with E-state index >= 15 is 0 Å². The van der Waals surface area contributed by atoms with E-state index in [1.165, 1.54) is 12.1 Å². The van der Waals surface area contributed by atoms with Crippen molar-refractivity contribution in [3.05, 3.63) is 28.2 Å². The van der Waals surface area contributed by atoms with Crippen molar-refractivity contribution in [3.8, 4) is 0 Å². The first-order valence-electron chi connectivity index (χ1n) is 3.15. The molecule has 0 saturated heterocycles. The fourth-order valence-electron chi connectivity index (χ4n) is 0.778. The third-order valence-electron chi connectivity index (χ3n) is 1.43. The molecular formula is C7H7BrO3S. The van der Waals surface area contributed by atoms with Gasteiger partial charge in [0.05, 0.1) is 4.90 Å². The van der Waals surface area contributed by atoms with Crippen molar-refractivity contribution in [1.29, 1.82) is 0 Å². The summed E-state index contributed by atoms with van der Waals surface area (Å²) in [5.74, 6) is 0. The lowest BCUT2D eigenvalue weighted by Gasteiger charge is -2.00. The van der Waals surface area contributed by atoms with E-state index in [0.29, 0.717) is 0 Å². The zero-order chi connectivity index (χ0) is 9.35.